The first-order valence-electron chi connectivity index (χ1n) is 7.04. The number of methoxy groups -OCH3 is 1. The topological polar surface area (TPSA) is 64.6 Å². The van der Waals surface area contributed by atoms with Crippen LogP contribution in [-0.2, 0) is 14.8 Å². The molecule has 0 saturated heterocycles. The molecule has 0 aromatic heterocycles. The minimum Gasteiger partial charge on any atom is -0.490 e. The minimum absolute atomic E-state index is 0.140. The lowest BCUT2D eigenvalue weighted by Gasteiger charge is -2.13. The molecule has 0 aliphatic carbocycles. The molecule has 2 aromatic rings. The molecule has 0 spiro atoms. The van der Waals surface area contributed by atoms with Crippen molar-refractivity contribution < 1.29 is 17.9 Å². The summed E-state index contributed by atoms with van der Waals surface area (Å²) < 4.78 is 37.7. The van der Waals surface area contributed by atoms with Crippen LogP contribution in [0, 0.1) is 6.92 Å². The van der Waals surface area contributed by atoms with Gasteiger partial charge in [-0.15, -0.1) is 0 Å². The zero-order valence-corrected chi connectivity index (χ0v) is 15.5. The Bertz CT molecular complexity index is 808. The summed E-state index contributed by atoms with van der Waals surface area (Å²) in [7, 11) is -2.22. The SMILES string of the molecule is COCCOc1cc(NS(=O)(=O)c2ccc(C)cc2)c(Cl)cc1Cl. The van der Waals surface area contributed by atoms with Crippen molar-refractivity contribution in [3.05, 3.63) is 52.0 Å². The molecule has 0 radical (unpaired) electrons. The highest BCUT2D eigenvalue weighted by Gasteiger charge is 2.17. The van der Waals surface area contributed by atoms with Gasteiger partial charge in [-0.3, -0.25) is 4.72 Å². The van der Waals surface area contributed by atoms with E-state index in [2.05, 4.69) is 4.72 Å². The van der Waals surface area contributed by atoms with E-state index in [0.717, 1.165) is 5.56 Å². The molecule has 1 N–H and O–H groups in total. The first-order chi connectivity index (χ1) is 11.3. The summed E-state index contributed by atoms with van der Waals surface area (Å²) in [5.74, 6) is 0.319. The van der Waals surface area contributed by atoms with Crippen LogP contribution in [0.3, 0.4) is 0 Å². The normalized spacial score (nSPS) is 11.3. The second-order valence-electron chi connectivity index (χ2n) is 5.02. The molecule has 0 heterocycles. The third-order valence-electron chi connectivity index (χ3n) is 3.14. The lowest BCUT2D eigenvalue weighted by molar-refractivity contribution is 0.146. The number of aryl methyl sites for hydroxylation is 1. The zero-order chi connectivity index (χ0) is 17.7. The van der Waals surface area contributed by atoms with Crippen molar-refractivity contribution >= 4 is 38.9 Å². The average molecular weight is 390 g/mol. The maximum atomic E-state index is 12.5. The van der Waals surface area contributed by atoms with Gasteiger partial charge in [0, 0.05) is 13.2 Å². The van der Waals surface area contributed by atoms with Gasteiger partial charge in [0.05, 0.1) is 27.2 Å². The molecule has 0 unspecified atom stereocenters. The maximum absolute atomic E-state index is 12.5. The molecule has 0 saturated carbocycles. The molecule has 0 bridgehead atoms. The number of anilines is 1. The van der Waals surface area contributed by atoms with Crippen LogP contribution in [-0.4, -0.2) is 28.7 Å². The van der Waals surface area contributed by atoms with Gasteiger partial charge in [0.15, 0.2) is 0 Å². The highest BCUT2D eigenvalue weighted by molar-refractivity contribution is 7.92. The Morgan fingerprint density at radius 3 is 2.33 bits per heavy atom. The van der Waals surface area contributed by atoms with E-state index in [1.807, 2.05) is 6.92 Å². The number of hydrogen-bond donors (Lipinski definition) is 1. The molecule has 2 rings (SSSR count). The molecule has 0 aliphatic heterocycles. The summed E-state index contributed by atoms with van der Waals surface area (Å²) in [5.41, 5.74) is 1.15. The predicted molar refractivity (Wildman–Crippen MR) is 95.8 cm³/mol. The number of rotatable bonds is 7. The van der Waals surface area contributed by atoms with Crippen LogP contribution < -0.4 is 9.46 Å². The molecule has 5 nitrogen and oxygen atoms in total. The lowest BCUT2D eigenvalue weighted by atomic mass is 10.2. The van der Waals surface area contributed by atoms with Crippen LogP contribution in [0.25, 0.3) is 0 Å². The fourth-order valence-corrected chi connectivity index (χ4v) is 3.49. The van der Waals surface area contributed by atoms with Crippen LogP contribution in [0.1, 0.15) is 5.56 Å². The van der Waals surface area contributed by atoms with Crippen LogP contribution in [0.4, 0.5) is 5.69 Å². The quantitative estimate of drug-likeness (QED) is 0.723. The Kier molecular flexibility index (Phi) is 6.34. The Morgan fingerprint density at radius 1 is 1.04 bits per heavy atom. The van der Waals surface area contributed by atoms with Crippen LogP contribution in [0.2, 0.25) is 10.0 Å². The van der Waals surface area contributed by atoms with E-state index in [1.54, 1.807) is 19.2 Å². The molecule has 0 atom stereocenters. The highest BCUT2D eigenvalue weighted by atomic mass is 35.5. The standard InChI is InChI=1S/C16H17Cl2NO4S/c1-11-3-5-12(6-4-11)24(20,21)19-15-10-16(23-8-7-22-2)14(18)9-13(15)17/h3-6,9-10,19H,7-8H2,1-2H3. The third-order valence-corrected chi connectivity index (χ3v) is 5.13. The fraction of sp³-hybridized carbons (Fsp3) is 0.250. The van der Waals surface area contributed by atoms with Crippen molar-refractivity contribution in [1.82, 2.24) is 0 Å². The minimum atomic E-state index is -3.77. The molecule has 2 aromatic carbocycles. The number of nitrogens with one attached hydrogen (secondary N) is 1. The van der Waals surface area contributed by atoms with Crippen molar-refractivity contribution in [3.63, 3.8) is 0 Å². The molecular formula is C16H17Cl2NO4S. The van der Waals surface area contributed by atoms with Gasteiger partial charge in [-0.1, -0.05) is 40.9 Å². The van der Waals surface area contributed by atoms with E-state index in [9.17, 15) is 8.42 Å². The van der Waals surface area contributed by atoms with E-state index in [4.69, 9.17) is 32.7 Å². The van der Waals surface area contributed by atoms with E-state index in [0.29, 0.717) is 12.4 Å². The molecule has 130 valence electrons. The summed E-state index contributed by atoms with van der Waals surface area (Å²) in [4.78, 5) is 0.140. The van der Waals surface area contributed by atoms with Gasteiger partial charge in [-0.05, 0) is 25.1 Å². The summed E-state index contributed by atoms with van der Waals surface area (Å²) >= 11 is 12.1. The molecule has 24 heavy (non-hydrogen) atoms. The Morgan fingerprint density at radius 2 is 1.71 bits per heavy atom. The first kappa shape index (κ1) is 18.9. The number of hydrogen-bond acceptors (Lipinski definition) is 4. The summed E-state index contributed by atoms with van der Waals surface area (Å²) in [5, 5.41) is 0.462. The highest BCUT2D eigenvalue weighted by Crippen LogP contribution is 2.35. The van der Waals surface area contributed by atoms with Crippen molar-refractivity contribution in [2.45, 2.75) is 11.8 Å². The molecular weight excluding hydrogens is 373 g/mol. The third kappa shape index (κ3) is 4.77. The van der Waals surface area contributed by atoms with Crippen LogP contribution in [0.15, 0.2) is 41.3 Å². The van der Waals surface area contributed by atoms with Gasteiger partial charge in [-0.2, -0.15) is 0 Å². The maximum Gasteiger partial charge on any atom is 0.261 e. The Hall–Kier alpha value is -1.47. The van der Waals surface area contributed by atoms with Crippen LogP contribution >= 0.6 is 23.2 Å². The zero-order valence-electron chi connectivity index (χ0n) is 13.2. The lowest BCUT2D eigenvalue weighted by Crippen LogP contribution is -2.13. The van der Waals surface area contributed by atoms with Gasteiger partial charge in [0.2, 0.25) is 0 Å². The van der Waals surface area contributed by atoms with Crippen molar-refractivity contribution in [2.24, 2.45) is 0 Å². The number of benzene rings is 2. The Balaban J connectivity index is 2.27. The van der Waals surface area contributed by atoms with Gasteiger partial charge in [-0.25, -0.2) is 8.42 Å². The number of sulfonamides is 1. The second-order valence-corrected chi connectivity index (χ2v) is 7.52. The van der Waals surface area contributed by atoms with Crippen molar-refractivity contribution in [1.29, 1.82) is 0 Å². The number of ether oxygens (including phenoxy) is 2. The second kappa shape index (κ2) is 8.07. The summed E-state index contributed by atoms with van der Waals surface area (Å²) in [6.45, 7) is 2.54. The smallest absolute Gasteiger partial charge is 0.261 e. The van der Waals surface area contributed by atoms with Crippen LogP contribution in [0.5, 0.6) is 5.75 Å². The molecule has 0 aliphatic rings. The van der Waals surface area contributed by atoms with Gasteiger partial charge >= 0.3 is 0 Å². The van der Waals surface area contributed by atoms with Gasteiger partial charge in [0.25, 0.3) is 10.0 Å². The van der Waals surface area contributed by atoms with E-state index in [-0.39, 0.29) is 27.2 Å². The predicted octanol–water partition coefficient (Wildman–Crippen LogP) is 4.13. The molecule has 0 amide bonds. The summed E-state index contributed by atoms with van der Waals surface area (Å²) in [6, 6.07) is 9.37. The van der Waals surface area contributed by atoms with E-state index < -0.39 is 10.0 Å². The van der Waals surface area contributed by atoms with Gasteiger partial charge < -0.3 is 9.47 Å². The monoisotopic (exact) mass is 389 g/mol. The summed E-state index contributed by atoms with van der Waals surface area (Å²) in [6.07, 6.45) is 0. The van der Waals surface area contributed by atoms with Crippen molar-refractivity contribution in [2.75, 3.05) is 25.0 Å². The van der Waals surface area contributed by atoms with Crippen molar-refractivity contribution in [3.8, 4) is 5.75 Å². The Labute approximate surface area is 151 Å². The average Bonchev–Trinajstić information content (AvgIpc) is 2.52. The molecule has 8 heteroatoms. The fourth-order valence-electron chi connectivity index (χ4n) is 1.87. The largest absolute Gasteiger partial charge is 0.490 e. The van der Waals surface area contributed by atoms with Gasteiger partial charge in [0.1, 0.15) is 12.4 Å². The first-order valence-corrected chi connectivity index (χ1v) is 9.27. The van der Waals surface area contributed by atoms with E-state index >= 15 is 0 Å². The number of halogens is 2. The molecule has 0 fully saturated rings. The van der Waals surface area contributed by atoms with E-state index in [1.165, 1.54) is 24.3 Å².